The van der Waals surface area contributed by atoms with E-state index in [-0.39, 0.29) is 12.8 Å². The van der Waals surface area contributed by atoms with Crippen LogP contribution in [0.5, 0.6) is 0 Å². The van der Waals surface area contributed by atoms with Gasteiger partial charge in [-0.1, -0.05) is 12.2 Å². The summed E-state index contributed by atoms with van der Waals surface area (Å²) in [7, 11) is 0. The SMILES string of the molecule is O=C(O)[C@H]1CC=CC[C@H]1C(=O)NCC(F)(F)C(F)F. The van der Waals surface area contributed by atoms with Crippen LogP contribution in [0.3, 0.4) is 0 Å². The van der Waals surface area contributed by atoms with Gasteiger partial charge in [-0.25, -0.2) is 8.78 Å². The van der Waals surface area contributed by atoms with Crippen molar-refractivity contribution in [1.82, 2.24) is 5.32 Å². The van der Waals surface area contributed by atoms with Gasteiger partial charge >= 0.3 is 18.3 Å². The predicted molar refractivity (Wildman–Crippen MR) is 57.0 cm³/mol. The first-order chi connectivity index (χ1) is 8.75. The van der Waals surface area contributed by atoms with Crippen molar-refractivity contribution >= 4 is 11.9 Å². The van der Waals surface area contributed by atoms with Crippen molar-refractivity contribution in [2.75, 3.05) is 6.54 Å². The first-order valence-electron chi connectivity index (χ1n) is 5.57. The van der Waals surface area contributed by atoms with Crippen LogP contribution in [-0.4, -0.2) is 35.9 Å². The van der Waals surface area contributed by atoms with Gasteiger partial charge in [0.25, 0.3) is 0 Å². The molecule has 2 atom stereocenters. The van der Waals surface area contributed by atoms with E-state index in [9.17, 15) is 27.2 Å². The first-order valence-corrected chi connectivity index (χ1v) is 5.57. The topological polar surface area (TPSA) is 66.4 Å². The van der Waals surface area contributed by atoms with Crippen LogP contribution >= 0.6 is 0 Å². The van der Waals surface area contributed by atoms with E-state index in [4.69, 9.17) is 5.11 Å². The molecule has 0 unspecified atom stereocenters. The van der Waals surface area contributed by atoms with Gasteiger partial charge < -0.3 is 10.4 Å². The second kappa shape index (κ2) is 6.03. The number of amides is 1. The fraction of sp³-hybridized carbons (Fsp3) is 0.636. The van der Waals surface area contributed by atoms with Crippen molar-refractivity contribution in [2.24, 2.45) is 11.8 Å². The van der Waals surface area contributed by atoms with Crippen molar-refractivity contribution in [3.05, 3.63) is 12.2 Å². The van der Waals surface area contributed by atoms with Crippen LogP contribution in [0, 0.1) is 11.8 Å². The molecule has 0 heterocycles. The molecular weight excluding hydrogens is 270 g/mol. The molecule has 19 heavy (non-hydrogen) atoms. The Morgan fingerprint density at radius 1 is 1.26 bits per heavy atom. The largest absolute Gasteiger partial charge is 0.481 e. The van der Waals surface area contributed by atoms with Gasteiger partial charge in [0.15, 0.2) is 0 Å². The molecule has 8 heteroatoms. The summed E-state index contributed by atoms with van der Waals surface area (Å²) in [6.45, 7) is -1.50. The summed E-state index contributed by atoms with van der Waals surface area (Å²) in [6, 6.07) is 0. The van der Waals surface area contributed by atoms with Gasteiger partial charge in [-0.2, -0.15) is 8.78 Å². The number of carbonyl (C=O) groups excluding carboxylic acids is 1. The number of hydrogen-bond donors (Lipinski definition) is 2. The van der Waals surface area contributed by atoms with Crippen LogP contribution in [0.4, 0.5) is 17.6 Å². The van der Waals surface area contributed by atoms with E-state index in [1.54, 1.807) is 17.5 Å². The Morgan fingerprint density at radius 2 is 1.79 bits per heavy atom. The molecule has 0 saturated heterocycles. The van der Waals surface area contributed by atoms with E-state index in [2.05, 4.69) is 0 Å². The number of carbonyl (C=O) groups is 2. The number of carboxylic acids is 1. The minimum Gasteiger partial charge on any atom is -0.481 e. The van der Waals surface area contributed by atoms with E-state index >= 15 is 0 Å². The molecular formula is C11H13F4NO3. The number of nitrogens with one attached hydrogen (secondary N) is 1. The standard InChI is InChI=1S/C11H13F4NO3/c12-10(13)11(14,15)5-16-8(17)6-3-1-2-4-7(6)9(18)19/h1-2,6-7,10H,3-5H2,(H,16,17)(H,18,19)/t6-,7+/m1/s1. The molecule has 0 fully saturated rings. The average Bonchev–Trinajstić information content (AvgIpc) is 2.35. The Morgan fingerprint density at radius 3 is 2.26 bits per heavy atom. The maximum absolute atomic E-state index is 12.6. The summed E-state index contributed by atoms with van der Waals surface area (Å²) in [6.07, 6.45) is -0.540. The smallest absolute Gasteiger partial charge is 0.324 e. The summed E-state index contributed by atoms with van der Waals surface area (Å²) in [5.74, 6) is -8.53. The molecule has 1 aliphatic carbocycles. The van der Waals surface area contributed by atoms with Crippen molar-refractivity contribution in [2.45, 2.75) is 25.2 Å². The fourth-order valence-corrected chi connectivity index (χ4v) is 1.79. The molecule has 1 amide bonds. The maximum atomic E-state index is 12.6. The third kappa shape index (κ3) is 3.93. The molecule has 2 N–H and O–H groups in total. The van der Waals surface area contributed by atoms with Gasteiger partial charge in [-0.3, -0.25) is 9.59 Å². The molecule has 0 saturated carbocycles. The van der Waals surface area contributed by atoms with Crippen LogP contribution in [0.15, 0.2) is 12.2 Å². The molecule has 0 radical (unpaired) electrons. The van der Waals surface area contributed by atoms with Crippen molar-refractivity contribution in [3.63, 3.8) is 0 Å². The van der Waals surface area contributed by atoms with Gasteiger partial charge in [0, 0.05) is 0 Å². The zero-order valence-corrected chi connectivity index (χ0v) is 9.78. The van der Waals surface area contributed by atoms with E-state index in [0.717, 1.165) is 0 Å². The van der Waals surface area contributed by atoms with Gasteiger partial charge in [0.05, 0.1) is 18.4 Å². The highest BCUT2D eigenvalue weighted by Crippen LogP contribution is 2.27. The molecule has 0 spiro atoms. The van der Waals surface area contributed by atoms with E-state index in [1.165, 1.54) is 0 Å². The van der Waals surface area contributed by atoms with Crippen LogP contribution in [-0.2, 0) is 9.59 Å². The van der Waals surface area contributed by atoms with Crippen LogP contribution in [0.2, 0.25) is 0 Å². The minimum absolute atomic E-state index is 0.0864. The van der Waals surface area contributed by atoms with Crippen LogP contribution < -0.4 is 5.32 Å². The highest BCUT2D eigenvalue weighted by molar-refractivity contribution is 5.85. The summed E-state index contributed by atoms with van der Waals surface area (Å²) in [5.41, 5.74) is 0. The zero-order chi connectivity index (χ0) is 14.6. The molecule has 1 rings (SSSR count). The lowest BCUT2D eigenvalue weighted by Gasteiger charge is -2.25. The zero-order valence-electron chi connectivity index (χ0n) is 9.78. The number of carboxylic acid groups (broad SMARTS) is 1. The van der Waals surface area contributed by atoms with Gasteiger partial charge in [0.2, 0.25) is 5.91 Å². The molecule has 0 bridgehead atoms. The Bertz CT molecular complexity index is 384. The Hall–Kier alpha value is -1.60. The number of halogens is 4. The summed E-state index contributed by atoms with van der Waals surface area (Å²) in [4.78, 5) is 22.5. The Balaban J connectivity index is 2.62. The number of alkyl halides is 4. The number of aliphatic carboxylic acids is 1. The molecule has 0 aliphatic heterocycles. The monoisotopic (exact) mass is 283 g/mol. The lowest BCUT2D eigenvalue weighted by atomic mass is 9.82. The first kappa shape index (κ1) is 15.5. The van der Waals surface area contributed by atoms with Crippen LogP contribution in [0.25, 0.3) is 0 Å². The quantitative estimate of drug-likeness (QED) is 0.596. The predicted octanol–water partition coefficient (Wildman–Crippen LogP) is 1.67. The second-order valence-electron chi connectivity index (χ2n) is 4.27. The lowest BCUT2D eigenvalue weighted by molar-refractivity contribution is -0.149. The van der Waals surface area contributed by atoms with Crippen molar-refractivity contribution in [1.29, 1.82) is 0 Å². The van der Waals surface area contributed by atoms with E-state index in [0.29, 0.717) is 0 Å². The van der Waals surface area contributed by atoms with E-state index < -0.39 is 42.6 Å². The third-order valence-electron chi connectivity index (χ3n) is 2.90. The van der Waals surface area contributed by atoms with Crippen molar-refractivity contribution in [3.8, 4) is 0 Å². The third-order valence-corrected chi connectivity index (χ3v) is 2.90. The molecule has 108 valence electrons. The number of allylic oxidation sites excluding steroid dienone is 2. The highest BCUT2D eigenvalue weighted by atomic mass is 19.3. The Kier molecular flexibility index (Phi) is 4.90. The van der Waals surface area contributed by atoms with Crippen molar-refractivity contribution < 1.29 is 32.3 Å². The lowest BCUT2D eigenvalue weighted by Crippen LogP contribution is -2.45. The maximum Gasteiger partial charge on any atom is 0.324 e. The van der Waals surface area contributed by atoms with Gasteiger partial charge in [-0.15, -0.1) is 0 Å². The molecule has 0 aromatic rings. The molecule has 0 aromatic carbocycles. The van der Waals surface area contributed by atoms with Crippen LogP contribution in [0.1, 0.15) is 12.8 Å². The molecule has 4 nitrogen and oxygen atoms in total. The summed E-state index contributed by atoms with van der Waals surface area (Å²) >= 11 is 0. The van der Waals surface area contributed by atoms with E-state index in [1.807, 2.05) is 0 Å². The molecule has 1 aliphatic rings. The fourth-order valence-electron chi connectivity index (χ4n) is 1.79. The summed E-state index contributed by atoms with van der Waals surface area (Å²) in [5, 5.41) is 10.6. The highest BCUT2D eigenvalue weighted by Gasteiger charge is 2.42. The van der Waals surface area contributed by atoms with Gasteiger partial charge in [0.1, 0.15) is 0 Å². The molecule has 0 aromatic heterocycles. The summed E-state index contributed by atoms with van der Waals surface area (Å²) < 4.78 is 49.1. The Labute approximate surface area is 106 Å². The number of hydrogen-bond acceptors (Lipinski definition) is 2. The average molecular weight is 283 g/mol. The normalized spacial score (nSPS) is 23.4. The minimum atomic E-state index is -4.32. The number of rotatable bonds is 5. The second-order valence-corrected chi connectivity index (χ2v) is 4.27. The van der Waals surface area contributed by atoms with Gasteiger partial charge in [-0.05, 0) is 12.8 Å².